The number of methoxy groups -OCH3 is 1. The molecule has 0 radical (unpaired) electrons. The lowest BCUT2D eigenvalue weighted by atomic mass is 10.0. The Kier molecular flexibility index (Phi) is 3.18. The molecule has 0 N–H and O–H groups in total. The maximum absolute atomic E-state index is 12.8. The van der Waals surface area contributed by atoms with E-state index in [1.165, 1.54) is 37.4 Å². The van der Waals surface area contributed by atoms with E-state index in [1.54, 1.807) is 0 Å². The summed E-state index contributed by atoms with van der Waals surface area (Å²) >= 11 is 0. The van der Waals surface area contributed by atoms with Crippen LogP contribution < -0.4 is 4.74 Å². The second-order valence-corrected chi connectivity index (χ2v) is 3.50. The van der Waals surface area contributed by atoms with Crippen molar-refractivity contribution in [2.45, 2.75) is 6.18 Å². The van der Waals surface area contributed by atoms with Crippen LogP contribution in [0.3, 0.4) is 0 Å². The molecule has 0 atom stereocenters. The SMILES string of the molecule is COc1ccc(-c2ccccc2C(F)(F)F)nn1. The van der Waals surface area contributed by atoms with Crippen molar-refractivity contribution in [3.05, 3.63) is 42.0 Å². The minimum atomic E-state index is -4.42. The van der Waals surface area contributed by atoms with Crippen LogP contribution in [0.2, 0.25) is 0 Å². The van der Waals surface area contributed by atoms with Crippen molar-refractivity contribution in [3.63, 3.8) is 0 Å². The predicted octanol–water partition coefficient (Wildman–Crippen LogP) is 3.17. The number of hydrogen-bond donors (Lipinski definition) is 0. The maximum atomic E-state index is 12.8. The highest BCUT2D eigenvalue weighted by molar-refractivity contribution is 5.64. The van der Waals surface area contributed by atoms with Gasteiger partial charge in [-0.3, -0.25) is 0 Å². The maximum Gasteiger partial charge on any atom is 0.417 e. The smallest absolute Gasteiger partial charge is 0.417 e. The molecule has 1 aromatic heterocycles. The van der Waals surface area contributed by atoms with E-state index in [1.807, 2.05) is 0 Å². The number of ether oxygens (including phenoxy) is 1. The first-order valence-corrected chi connectivity index (χ1v) is 5.06. The fraction of sp³-hybridized carbons (Fsp3) is 0.167. The van der Waals surface area contributed by atoms with Crippen molar-refractivity contribution in [1.29, 1.82) is 0 Å². The summed E-state index contributed by atoms with van der Waals surface area (Å²) in [6, 6.07) is 8.15. The standard InChI is InChI=1S/C12H9F3N2O/c1-18-11-7-6-10(16-17-11)8-4-2-3-5-9(8)12(13,14)15/h2-7H,1H3. The number of benzene rings is 1. The van der Waals surface area contributed by atoms with E-state index < -0.39 is 11.7 Å². The van der Waals surface area contributed by atoms with Crippen LogP contribution in [0.15, 0.2) is 36.4 Å². The summed E-state index contributed by atoms with van der Waals surface area (Å²) in [7, 11) is 1.41. The second-order valence-electron chi connectivity index (χ2n) is 3.50. The van der Waals surface area contributed by atoms with Crippen LogP contribution >= 0.6 is 0 Å². The van der Waals surface area contributed by atoms with Crippen LogP contribution in [0.1, 0.15) is 5.56 Å². The van der Waals surface area contributed by atoms with Gasteiger partial charge in [0.2, 0.25) is 5.88 Å². The van der Waals surface area contributed by atoms with Crippen molar-refractivity contribution < 1.29 is 17.9 Å². The third-order valence-electron chi connectivity index (χ3n) is 2.36. The quantitative estimate of drug-likeness (QED) is 0.825. The van der Waals surface area contributed by atoms with Crippen LogP contribution in [0.5, 0.6) is 5.88 Å². The monoisotopic (exact) mass is 254 g/mol. The minimum Gasteiger partial charge on any atom is -0.480 e. The van der Waals surface area contributed by atoms with Gasteiger partial charge in [-0.25, -0.2) is 0 Å². The van der Waals surface area contributed by atoms with E-state index in [9.17, 15) is 13.2 Å². The molecule has 2 rings (SSSR count). The Hall–Kier alpha value is -2.11. The van der Waals surface area contributed by atoms with Crippen molar-refractivity contribution in [2.75, 3.05) is 7.11 Å². The van der Waals surface area contributed by atoms with Gasteiger partial charge in [-0.05, 0) is 12.1 Å². The molecule has 6 heteroatoms. The van der Waals surface area contributed by atoms with Gasteiger partial charge in [-0.1, -0.05) is 18.2 Å². The Morgan fingerprint density at radius 1 is 1.00 bits per heavy atom. The van der Waals surface area contributed by atoms with E-state index in [4.69, 9.17) is 4.74 Å². The summed E-state index contributed by atoms with van der Waals surface area (Å²) in [4.78, 5) is 0. The van der Waals surface area contributed by atoms with Gasteiger partial charge in [0.25, 0.3) is 0 Å². The zero-order chi connectivity index (χ0) is 13.2. The van der Waals surface area contributed by atoms with Gasteiger partial charge in [0.1, 0.15) is 0 Å². The van der Waals surface area contributed by atoms with Crippen LogP contribution in [-0.2, 0) is 6.18 Å². The molecule has 0 amide bonds. The van der Waals surface area contributed by atoms with Gasteiger partial charge in [0, 0.05) is 11.6 Å². The van der Waals surface area contributed by atoms with E-state index in [-0.39, 0.29) is 17.1 Å². The Labute approximate surface area is 101 Å². The highest BCUT2D eigenvalue weighted by Gasteiger charge is 2.33. The van der Waals surface area contributed by atoms with Gasteiger partial charge in [-0.2, -0.15) is 13.2 Å². The molecule has 0 saturated carbocycles. The third kappa shape index (κ3) is 2.42. The van der Waals surface area contributed by atoms with Crippen LogP contribution in [0.4, 0.5) is 13.2 Å². The average molecular weight is 254 g/mol. The molecule has 0 aliphatic carbocycles. The third-order valence-corrected chi connectivity index (χ3v) is 2.36. The van der Waals surface area contributed by atoms with Crippen LogP contribution in [0.25, 0.3) is 11.3 Å². The van der Waals surface area contributed by atoms with Crippen molar-refractivity contribution in [3.8, 4) is 17.1 Å². The second kappa shape index (κ2) is 4.64. The zero-order valence-electron chi connectivity index (χ0n) is 9.40. The first kappa shape index (κ1) is 12.3. The first-order valence-electron chi connectivity index (χ1n) is 5.06. The Morgan fingerprint density at radius 3 is 2.28 bits per heavy atom. The van der Waals surface area contributed by atoms with Crippen molar-refractivity contribution in [1.82, 2.24) is 10.2 Å². The Morgan fingerprint density at radius 2 is 1.72 bits per heavy atom. The largest absolute Gasteiger partial charge is 0.480 e. The highest BCUT2D eigenvalue weighted by atomic mass is 19.4. The molecule has 0 fully saturated rings. The summed E-state index contributed by atoms with van der Waals surface area (Å²) in [6.45, 7) is 0. The number of hydrogen-bond acceptors (Lipinski definition) is 3. The molecule has 0 saturated heterocycles. The molecular formula is C12H9F3N2O. The van der Waals surface area contributed by atoms with Gasteiger partial charge in [-0.15, -0.1) is 10.2 Å². The van der Waals surface area contributed by atoms with E-state index in [2.05, 4.69) is 10.2 Å². The zero-order valence-corrected chi connectivity index (χ0v) is 9.40. The minimum absolute atomic E-state index is 0.000142. The molecule has 3 nitrogen and oxygen atoms in total. The molecule has 2 aromatic rings. The molecule has 0 aliphatic rings. The van der Waals surface area contributed by atoms with E-state index in [0.717, 1.165) is 6.07 Å². The Bertz CT molecular complexity index is 538. The molecule has 1 heterocycles. The fourth-order valence-corrected chi connectivity index (χ4v) is 1.53. The topological polar surface area (TPSA) is 35.0 Å². The number of alkyl halides is 3. The van der Waals surface area contributed by atoms with Crippen LogP contribution in [0, 0.1) is 0 Å². The predicted molar refractivity (Wildman–Crippen MR) is 59.0 cm³/mol. The molecule has 94 valence electrons. The molecule has 0 bridgehead atoms. The molecular weight excluding hydrogens is 245 g/mol. The van der Waals surface area contributed by atoms with Gasteiger partial charge < -0.3 is 4.74 Å². The first-order chi connectivity index (χ1) is 8.52. The van der Waals surface area contributed by atoms with Crippen molar-refractivity contribution >= 4 is 0 Å². The summed E-state index contributed by atoms with van der Waals surface area (Å²) in [5.41, 5.74) is -0.576. The van der Waals surface area contributed by atoms with Crippen molar-refractivity contribution in [2.24, 2.45) is 0 Å². The van der Waals surface area contributed by atoms with Gasteiger partial charge in [0.05, 0.1) is 18.4 Å². The lowest BCUT2D eigenvalue weighted by Crippen LogP contribution is -2.07. The summed E-state index contributed by atoms with van der Waals surface area (Å²) < 4.78 is 43.2. The number of aromatic nitrogens is 2. The summed E-state index contributed by atoms with van der Waals surface area (Å²) in [5.74, 6) is 0.253. The number of halogens is 3. The Balaban J connectivity index is 2.50. The highest BCUT2D eigenvalue weighted by Crippen LogP contribution is 2.36. The molecule has 18 heavy (non-hydrogen) atoms. The van der Waals surface area contributed by atoms with Crippen LogP contribution in [-0.4, -0.2) is 17.3 Å². The summed E-state index contributed by atoms with van der Waals surface area (Å²) in [5, 5.41) is 7.38. The normalized spacial score (nSPS) is 11.3. The molecule has 1 aromatic carbocycles. The number of rotatable bonds is 2. The fourth-order valence-electron chi connectivity index (χ4n) is 1.53. The number of nitrogens with zero attached hydrogens (tertiary/aromatic N) is 2. The molecule has 0 spiro atoms. The summed E-state index contributed by atoms with van der Waals surface area (Å²) in [6.07, 6.45) is -4.42. The average Bonchev–Trinajstić information content (AvgIpc) is 2.38. The van der Waals surface area contributed by atoms with E-state index in [0.29, 0.717) is 0 Å². The van der Waals surface area contributed by atoms with E-state index >= 15 is 0 Å². The molecule has 0 aliphatic heterocycles. The molecule has 0 unspecified atom stereocenters. The van der Waals surface area contributed by atoms with Gasteiger partial charge >= 0.3 is 6.18 Å². The lowest BCUT2D eigenvalue weighted by Gasteiger charge is -2.11. The van der Waals surface area contributed by atoms with Gasteiger partial charge in [0.15, 0.2) is 0 Å². The lowest BCUT2D eigenvalue weighted by molar-refractivity contribution is -0.137.